The van der Waals surface area contributed by atoms with Crippen LogP contribution in [0, 0.1) is 11.8 Å². The highest BCUT2D eigenvalue weighted by Crippen LogP contribution is 2.08. The van der Waals surface area contributed by atoms with E-state index in [1.807, 2.05) is 4.90 Å². The molecular formula is C14H30N2O. The van der Waals surface area contributed by atoms with E-state index >= 15 is 0 Å². The Hall–Kier alpha value is -0.570. The van der Waals surface area contributed by atoms with Crippen LogP contribution in [0.3, 0.4) is 0 Å². The monoisotopic (exact) mass is 242 g/mol. The Bertz CT molecular complexity index is 192. The highest BCUT2D eigenvalue weighted by atomic mass is 16.2. The summed E-state index contributed by atoms with van der Waals surface area (Å²) < 4.78 is 0. The molecule has 0 aliphatic carbocycles. The highest BCUT2D eigenvalue weighted by Gasteiger charge is 2.15. The first-order valence-electron chi connectivity index (χ1n) is 6.95. The minimum atomic E-state index is 0.310. The number of carbonyl (C=O) groups is 1. The van der Waals surface area contributed by atoms with Crippen molar-refractivity contribution < 1.29 is 4.79 Å². The number of unbranched alkanes of at least 4 members (excludes halogenated alkanes) is 2. The summed E-state index contributed by atoms with van der Waals surface area (Å²) in [6.45, 7) is 11.1. The lowest BCUT2D eigenvalue weighted by Gasteiger charge is -2.26. The number of rotatable bonds is 9. The zero-order chi connectivity index (χ0) is 13.3. The number of amides is 1. The van der Waals surface area contributed by atoms with Crippen LogP contribution in [0.4, 0.5) is 0 Å². The van der Waals surface area contributed by atoms with Gasteiger partial charge >= 0.3 is 0 Å². The molecule has 0 aromatic carbocycles. The van der Waals surface area contributed by atoms with Crippen molar-refractivity contribution in [3.05, 3.63) is 0 Å². The third-order valence-electron chi connectivity index (χ3n) is 2.62. The second-order valence-corrected chi connectivity index (χ2v) is 5.69. The maximum Gasteiger partial charge on any atom is 0.222 e. The zero-order valence-electron chi connectivity index (χ0n) is 12.0. The molecular weight excluding hydrogens is 212 g/mol. The fourth-order valence-corrected chi connectivity index (χ4v) is 1.92. The fraction of sp³-hybridized carbons (Fsp3) is 0.929. The molecule has 102 valence electrons. The Kier molecular flexibility index (Phi) is 9.14. The molecule has 3 nitrogen and oxygen atoms in total. The number of nitrogens with two attached hydrogens (primary N) is 1. The summed E-state index contributed by atoms with van der Waals surface area (Å²) >= 11 is 0. The quantitative estimate of drug-likeness (QED) is 0.632. The predicted octanol–water partition coefficient (Wildman–Crippen LogP) is 2.65. The normalized spacial score (nSPS) is 11.2. The van der Waals surface area contributed by atoms with Crippen molar-refractivity contribution >= 4 is 5.91 Å². The lowest BCUT2D eigenvalue weighted by molar-refractivity contribution is -0.132. The molecule has 0 rings (SSSR count). The Morgan fingerprint density at radius 2 is 1.53 bits per heavy atom. The summed E-state index contributed by atoms with van der Waals surface area (Å²) in [5.41, 5.74) is 5.44. The molecule has 0 bridgehead atoms. The van der Waals surface area contributed by atoms with Gasteiger partial charge in [0.15, 0.2) is 0 Å². The molecule has 0 aromatic heterocycles. The van der Waals surface area contributed by atoms with Gasteiger partial charge in [0.1, 0.15) is 0 Å². The fourth-order valence-electron chi connectivity index (χ4n) is 1.92. The lowest BCUT2D eigenvalue weighted by Crippen LogP contribution is -2.36. The van der Waals surface area contributed by atoms with E-state index in [1.54, 1.807) is 0 Å². The molecule has 0 spiro atoms. The standard InChI is InChI=1S/C14H30N2O/c1-12(2)10-16(11-13(3)4)14(17)8-6-5-7-9-15/h12-13H,5-11,15H2,1-4H3. The van der Waals surface area contributed by atoms with E-state index in [9.17, 15) is 4.79 Å². The second-order valence-electron chi connectivity index (χ2n) is 5.69. The van der Waals surface area contributed by atoms with Crippen LogP contribution in [0.5, 0.6) is 0 Å². The maximum absolute atomic E-state index is 12.1. The molecule has 0 saturated carbocycles. The number of hydrogen-bond donors (Lipinski definition) is 1. The molecule has 0 radical (unpaired) electrons. The summed E-state index contributed by atoms with van der Waals surface area (Å²) in [5, 5.41) is 0. The second kappa shape index (κ2) is 9.46. The van der Waals surface area contributed by atoms with Gasteiger partial charge in [-0.05, 0) is 31.2 Å². The van der Waals surface area contributed by atoms with E-state index in [-0.39, 0.29) is 0 Å². The van der Waals surface area contributed by atoms with Crippen LogP contribution < -0.4 is 5.73 Å². The third-order valence-corrected chi connectivity index (χ3v) is 2.62. The molecule has 0 heterocycles. The molecule has 0 saturated heterocycles. The summed E-state index contributed by atoms with van der Waals surface area (Å²) in [7, 11) is 0. The average Bonchev–Trinajstić information content (AvgIpc) is 2.22. The van der Waals surface area contributed by atoms with Crippen molar-refractivity contribution in [1.82, 2.24) is 4.90 Å². The molecule has 0 aliphatic rings. The first-order valence-corrected chi connectivity index (χ1v) is 6.95. The topological polar surface area (TPSA) is 46.3 Å². The van der Waals surface area contributed by atoms with E-state index in [0.717, 1.165) is 38.9 Å². The van der Waals surface area contributed by atoms with E-state index in [4.69, 9.17) is 5.73 Å². The Balaban J connectivity index is 4.03. The van der Waals surface area contributed by atoms with Crippen LogP contribution in [0.15, 0.2) is 0 Å². The minimum Gasteiger partial charge on any atom is -0.342 e. The van der Waals surface area contributed by atoms with Gasteiger partial charge in [-0.15, -0.1) is 0 Å². The zero-order valence-corrected chi connectivity index (χ0v) is 12.0. The largest absolute Gasteiger partial charge is 0.342 e. The van der Waals surface area contributed by atoms with Crippen LogP contribution in [-0.2, 0) is 4.79 Å². The van der Waals surface area contributed by atoms with Crippen molar-refractivity contribution in [3.63, 3.8) is 0 Å². The minimum absolute atomic E-state index is 0.310. The van der Waals surface area contributed by atoms with Crippen molar-refractivity contribution in [2.75, 3.05) is 19.6 Å². The Morgan fingerprint density at radius 1 is 1.00 bits per heavy atom. The summed E-state index contributed by atoms with van der Waals surface area (Å²) in [6.07, 6.45) is 3.75. The predicted molar refractivity (Wildman–Crippen MR) is 73.8 cm³/mol. The van der Waals surface area contributed by atoms with Crippen LogP contribution >= 0.6 is 0 Å². The van der Waals surface area contributed by atoms with Gasteiger partial charge in [0.2, 0.25) is 5.91 Å². The van der Waals surface area contributed by atoms with E-state index < -0.39 is 0 Å². The van der Waals surface area contributed by atoms with Crippen molar-refractivity contribution in [3.8, 4) is 0 Å². The van der Waals surface area contributed by atoms with Crippen LogP contribution in [-0.4, -0.2) is 30.4 Å². The summed E-state index contributed by atoms with van der Waals surface area (Å²) in [4.78, 5) is 14.1. The Labute approximate surface area is 107 Å². The van der Waals surface area contributed by atoms with E-state index in [1.165, 1.54) is 0 Å². The molecule has 0 aliphatic heterocycles. The van der Waals surface area contributed by atoms with Crippen LogP contribution in [0.1, 0.15) is 53.4 Å². The molecule has 0 fully saturated rings. The molecule has 0 aromatic rings. The van der Waals surface area contributed by atoms with Crippen LogP contribution in [0.25, 0.3) is 0 Å². The maximum atomic E-state index is 12.1. The molecule has 3 heteroatoms. The van der Waals surface area contributed by atoms with Crippen molar-refractivity contribution in [1.29, 1.82) is 0 Å². The first kappa shape index (κ1) is 16.4. The number of hydrogen-bond acceptors (Lipinski definition) is 2. The average molecular weight is 242 g/mol. The molecule has 0 atom stereocenters. The number of carbonyl (C=O) groups excluding carboxylic acids is 1. The third kappa shape index (κ3) is 9.16. The number of nitrogens with zero attached hydrogens (tertiary/aromatic N) is 1. The molecule has 1 amide bonds. The summed E-state index contributed by atoms with van der Waals surface area (Å²) in [5.74, 6) is 1.40. The van der Waals surface area contributed by atoms with Crippen LogP contribution in [0.2, 0.25) is 0 Å². The molecule has 2 N–H and O–H groups in total. The van der Waals surface area contributed by atoms with Gasteiger partial charge in [0, 0.05) is 19.5 Å². The molecule has 0 unspecified atom stereocenters. The lowest BCUT2D eigenvalue weighted by atomic mass is 10.1. The van der Waals surface area contributed by atoms with Gasteiger partial charge in [0.05, 0.1) is 0 Å². The van der Waals surface area contributed by atoms with Crippen molar-refractivity contribution in [2.45, 2.75) is 53.4 Å². The van der Waals surface area contributed by atoms with Gasteiger partial charge in [-0.1, -0.05) is 34.1 Å². The van der Waals surface area contributed by atoms with E-state index in [0.29, 0.717) is 24.2 Å². The highest BCUT2D eigenvalue weighted by molar-refractivity contribution is 5.76. The SMILES string of the molecule is CC(C)CN(CC(C)C)C(=O)CCCCCN. The first-order chi connectivity index (χ1) is 7.97. The van der Waals surface area contributed by atoms with Gasteiger partial charge in [-0.2, -0.15) is 0 Å². The Morgan fingerprint density at radius 3 is 1.94 bits per heavy atom. The van der Waals surface area contributed by atoms with E-state index in [2.05, 4.69) is 27.7 Å². The summed E-state index contributed by atoms with van der Waals surface area (Å²) in [6, 6.07) is 0. The van der Waals surface area contributed by atoms with Gasteiger partial charge in [-0.3, -0.25) is 4.79 Å². The van der Waals surface area contributed by atoms with Gasteiger partial charge in [0.25, 0.3) is 0 Å². The smallest absolute Gasteiger partial charge is 0.222 e. The van der Waals surface area contributed by atoms with Gasteiger partial charge < -0.3 is 10.6 Å². The molecule has 17 heavy (non-hydrogen) atoms. The van der Waals surface area contributed by atoms with Crippen molar-refractivity contribution in [2.24, 2.45) is 17.6 Å². The van der Waals surface area contributed by atoms with Gasteiger partial charge in [-0.25, -0.2) is 0 Å².